The van der Waals surface area contributed by atoms with Crippen LogP contribution >= 0.6 is 0 Å². The van der Waals surface area contributed by atoms with Crippen molar-refractivity contribution in [3.8, 4) is 22.3 Å². The molecule has 2 heteroatoms. The highest BCUT2D eigenvalue weighted by Gasteiger charge is 2.26. The molecule has 0 bridgehead atoms. The lowest BCUT2D eigenvalue weighted by atomic mass is 9.86. The second-order valence-corrected chi connectivity index (χ2v) is 8.58. The van der Waals surface area contributed by atoms with Crippen molar-refractivity contribution in [2.75, 3.05) is 0 Å². The first-order valence-corrected chi connectivity index (χ1v) is 11.3. The third-order valence-corrected chi connectivity index (χ3v) is 6.81. The topological polar surface area (TPSA) is 26.3 Å². The van der Waals surface area contributed by atoms with Crippen LogP contribution in [0.25, 0.3) is 71.7 Å². The summed E-state index contributed by atoms with van der Waals surface area (Å²) >= 11 is 0. The van der Waals surface area contributed by atoms with Gasteiger partial charge in [-0.15, -0.1) is 0 Å². The van der Waals surface area contributed by atoms with Crippen LogP contribution in [0.1, 0.15) is 5.56 Å². The van der Waals surface area contributed by atoms with Crippen LogP contribution in [0.4, 0.5) is 0 Å². The molecule has 0 unspecified atom stereocenters. The zero-order valence-electron chi connectivity index (χ0n) is 18.5. The average molecular weight is 437 g/mol. The Balaban J connectivity index is 1.66. The molecule has 0 N–H and O–H groups in total. The highest BCUT2D eigenvalue weighted by atomic mass is 16.3. The summed E-state index contributed by atoms with van der Waals surface area (Å²) in [5.41, 5.74) is 10.1. The number of benzene rings is 5. The Labute approximate surface area is 196 Å². The van der Waals surface area contributed by atoms with Crippen molar-refractivity contribution in [3.63, 3.8) is 0 Å². The standard InChI is InChI=1S/C32H20O2/c1-3-8-19(4-2)21-11-15-25-29-23(21)13-17-27-31(29)32-28(33-25)18-14-24-22(20-9-6-5-7-10-20)12-16-26(34-27)30(24)32/h3-18H,1-2H2/b19-8+. The van der Waals surface area contributed by atoms with Gasteiger partial charge in [-0.2, -0.15) is 0 Å². The molecule has 0 saturated carbocycles. The van der Waals surface area contributed by atoms with Crippen LogP contribution in [0.2, 0.25) is 0 Å². The molecule has 0 aromatic heterocycles. The summed E-state index contributed by atoms with van der Waals surface area (Å²) in [6.07, 6.45) is 5.64. The van der Waals surface area contributed by atoms with E-state index in [1.54, 1.807) is 6.08 Å². The molecule has 2 nitrogen and oxygen atoms in total. The van der Waals surface area contributed by atoms with Gasteiger partial charge in [-0.3, -0.25) is 0 Å². The van der Waals surface area contributed by atoms with Gasteiger partial charge in [-0.1, -0.05) is 73.9 Å². The van der Waals surface area contributed by atoms with Crippen molar-refractivity contribution in [1.82, 2.24) is 0 Å². The third-order valence-electron chi connectivity index (χ3n) is 6.81. The fraction of sp³-hybridized carbons (Fsp3) is 0. The molecule has 2 aliphatic heterocycles. The molecule has 0 saturated heterocycles. The minimum atomic E-state index is 0.843. The molecule has 34 heavy (non-hydrogen) atoms. The zero-order chi connectivity index (χ0) is 22.8. The van der Waals surface area contributed by atoms with Crippen molar-refractivity contribution in [1.29, 1.82) is 0 Å². The van der Waals surface area contributed by atoms with E-state index in [9.17, 15) is 0 Å². The van der Waals surface area contributed by atoms with E-state index < -0.39 is 0 Å². The summed E-state index contributed by atoms with van der Waals surface area (Å²) in [4.78, 5) is 0. The summed E-state index contributed by atoms with van der Waals surface area (Å²) in [6.45, 7) is 7.88. The third kappa shape index (κ3) is 2.45. The van der Waals surface area contributed by atoms with E-state index in [2.05, 4.69) is 79.9 Å². The maximum atomic E-state index is 6.50. The fourth-order valence-electron chi connectivity index (χ4n) is 5.38. The summed E-state index contributed by atoms with van der Waals surface area (Å²) in [5.74, 6) is 0. The Kier molecular flexibility index (Phi) is 3.88. The van der Waals surface area contributed by atoms with Crippen molar-refractivity contribution >= 4 is 49.5 Å². The van der Waals surface area contributed by atoms with Gasteiger partial charge >= 0.3 is 0 Å². The van der Waals surface area contributed by atoms with Crippen molar-refractivity contribution < 1.29 is 8.83 Å². The van der Waals surface area contributed by atoms with Crippen LogP contribution < -0.4 is 0 Å². The molecule has 160 valence electrons. The molecule has 0 amide bonds. The molecule has 0 spiro atoms. The molecule has 0 atom stereocenters. The Morgan fingerprint density at radius 1 is 0.618 bits per heavy atom. The molecule has 2 aliphatic rings. The summed E-state index contributed by atoms with van der Waals surface area (Å²) in [6, 6.07) is 27.3. The molecule has 0 radical (unpaired) electrons. The predicted octanol–water partition coefficient (Wildman–Crippen LogP) is 9.45. The van der Waals surface area contributed by atoms with Gasteiger partial charge in [0, 0.05) is 21.9 Å². The molecule has 0 fully saturated rings. The van der Waals surface area contributed by atoms with E-state index in [-0.39, 0.29) is 0 Å². The monoisotopic (exact) mass is 436 g/mol. The van der Waals surface area contributed by atoms with E-state index in [4.69, 9.17) is 8.83 Å². The Morgan fingerprint density at radius 2 is 1.24 bits per heavy atom. The van der Waals surface area contributed by atoms with Crippen molar-refractivity contribution in [3.05, 3.63) is 116 Å². The number of allylic oxidation sites excluding steroid dienone is 4. The van der Waals surface area contributed by atoms with E-state index >= 15 is 0 Å². The van der Waals surface area contributed by atoms with E-state index in [0.717, 1.165) is 66.1 Å². The lowest BCUT2D eigenvalue weighted by Crippen LogP contribution is -1.96. The lowest BCUT2D eigenvalue weighted by Gasteiger charge is -2.21. The van der Waals surface area contributed by atoms with Crippen LogP contribution in [0, 0.1) is 0 Å². The second-order valence-electron chi connectivity index (χ2n) is 8.58. The quantitative estimate of drug-likeness (QED) is 0.156. The van der Waals surface area contributed by atoms with Crippen LogP contribution in [0.15, 0.2) is 119 Å². The lowest BCUT2D eigenvalue weighted by molar-refractivity contribution is 0.646. The van der Waals surface area contributed by atoms with Crippen LogP contribution in [-0.2, 0) is 0 Å². The molecule has 5 aromatic rings. The van der Waals surface area contributed by atoms with E-state index in [1.165, 1.54) is 11.1 Å². The molecule has 7 rings (SSSR count). The van der Waals surface area contributed by atoms with Gasteiger partial charge in [-0.05, 0) is 69.4 Å². The normalized spacial score (nSPS) is 12.5. The molecular weight excluding hydrogens is 416 g/mol. The van der Waals surface area contributed by atoms with Gasteiger partial charge < -0.3 is 8.83 Å². The number of hydrogen-bond donors (Lipinski definition) is 0. The summed E-state index contributed by atoms with van der Waals surface area (Å²) < 4.78 is 13.0. The minimum Gasteiger partial charge on any atom is -0.456 e. The molecule has 5 aromatic carbocycles. The van der Waals surface area contributed by atoms with Gasteiger partial charge in [0.15, 0.2) is 0 Å². The van der Waals surface area contributed by atoms with E-state index in [0.29, 0.717) is 0 Å². The Morgan fingerprint density at radius 3 is 1.91 bits per heavy atom. The number of hydrogen-bond acceptors (Lipinski definition) is 2. The Hall–Kier alpha value is -4.56. The highest BCUT2D eigenvalue weighted by Crippen LogP contribution is 2.50. The van der Waals surface area contributed by atoms with Crippen molar-refractivity contribution in [2.24, 2.45) is 0 Å². The van der Waals surface area contributed by atoms with Crippen LogP contribution in [-0.4, -0.2) is 0 Å². The fourth-order valence-corrected chi connectivity index (χ4v) is 5.38. The van der Waals surface area contributed by atoms with Gasteiger partial charge in [0.2, 0.25) is 0 Å². The molecule has 2 heterocycles. The maximum absolute atomic E-state index is 6.50. The highest BCUT2D eigenvalue weighted by molar-refractivity contribution is 6.25. The minimum absolute atomic E-state index is 0.843. The first-order chi connectivity index (χ1) is 16.8. The van der Waals surface area contributed by atoms with Crippen LogP contribution in [0.5, 0.6) is 0 Å². The van der Waals surface area contributed by atoms with Gasteiger partial charge in [0.25, 0.3) is 0 Å². The van der Waals surface area contributed by atoms with Gasteiger partial charge in [-0.25, -0.2) is 0 Å². The number of rotatable bonds is 4. The average Bonchev–Trinajstić information content (AvgIpc) is 2.89. The zero-order valence-corrected chi connectivity index (χ0v) is 18.5. The molecular formula is C32H20O2. The predicted molar refractivity (Wildman–Crippen MR) is 143 cm³/mol. The first kappa shape index (κ1) is 19.0. The van der Waals surface area contributed by atoms with E-state index in [1.807, 2.05) is 24.3 Å². The maximum Gasteiger partial charge on any atom is 0.136 e. The summed E-state index contributed by atoms with van der Waals surface area (Å²) in [5, 5.41) is 4.44. The van der Waals surface area contributed by atoms with Crippen molar-refractivity contribution in [2.45, 2.75) is 0 Å². The first-order valence-electron chi connectivity index (χ1n) is 11.3. The summed E-state index contributed by atoms with van der Waals surface area (Å²) in [7, 11) is 0. The van der Waals surface area contributed by atoms with Crippen LogP contribution in [0.3, 0.4) is 0 Å². The second kappa shape index (κ2) is 6.97. The van der Waals surface area contributed by atoms with Gasteiger partial charge in [0.05, 0.1) is 0 Å². The Bertz CT molecular complexity index is 1880. The smallest absolute Gasteiger partial charge is 0.136 e. The SMILES string of the molecule is C=C/C=C(\C=C)c1ccc2oc3ccc4c(-c5ccccc5)ccc5oc6ccc1c2c6-c3c54. The largest absolute Gasteiger partial charge is 0.456 e. The van der Waals surface area contributed by atoms with Gasteiger partial charge in [0.1, 0.15) is 22.3 Å². The molecule has 0 aliphatic carbocycles.